The van der Waals surface area contributed by atoms with Crippen molar-refractivity contribution >= 4 is 6.03 Å². The van der Waals surface area contributed by atoms with Crippen LogP contribution in [0.15, 0.2) is 48.5 Å². The van der Waals surface area contributed by atoms with Crippen molar-refractivity contribution in [3.05, 3.63) is 65.2 Å². The number of carbonyl (C=O) groups excluding carboxylic acids is 1. The SMILES string of the molecule is COc1ccc(C(CNC(=O)N(C)Cc2cccc(C#N)c2)N(C)C)cc1. The summed E-state index contributed by atoms with van der Waals surface area (Å²) in [4.78, 5) is 16.1. The zero-order chi connectivity index (χ0) is 19.8. The van der Waals surface area contributed by atoms with E-state index in [4.69, 9.17) is 10.00 Å². The normalized spacial score (nSPS) is 11.6. The van der Waals surface area contributed by atoms with E-state index in [1.807, 2.05) is 50.5 Å². The second-order valence-corrected chi connectivity index (χ2v) is 6.61. The molecular weight excluding hydrogens is 340 g/mol. The van der Waals surface area contributed by atoms with Crippen LogP contribution in [0.1, 0.15) is 22.7 Å². The number of hydrogen-bond acceptors (Lipinski definition) is 4. The standard InChI is InChI=1S/C21H26N4O2/c1-24(2)20(18-8-10-19(27-4)11-9-18)14-23-21(26)25(3)15-17-7-5-6-16(12-17)13-22/h5-12,20H,14-15H2,1-4H3,(H,23,26). The van der Waals surface area contributed by atoms with Gasteiger partial charge in [-0.3, -0.25) is 0 Å². The number of urea groups is 1. The van der Waals surface area contributed by atoms with Gasteiger partial charge in [0.15, 0.2) is 0 Å². The Bertz CT molecular complexity index is 797. The fourth-order valence-corrected chi connectivity index (χ4v) is 2.83. The van der Waals surface area contributed by atoms with Gasteiger partial charge in [-0.15, -0.1) is 0 Å². The number of benzene rings is 2. The summed E-state index contributed by atoms with van der Waals surface area (Å²) >= 11 is 0. The van der Waals surface area contributed by atoms with Crippen LogP contribution < -0.4 is 10.1 Å². The molecule has 2 rings (SSSR count). The minimum absolute atomic E-state index is 0.0511. The first-order valence-corrected chi connectivity index (χ1v) is 8.73. The first kappa shape index (κ1) is 20.3. The second-order valence-electron chi connectivity index (χ2n) is 6.61. The van der Waals surface area contributed by atoms with E-state index in [0.29, 0.717) is 18.7 Å². The van der Waals surface area contributed by atoms with Gasteiger partial charge in [-0.05, 0) is 49.5 Å². The molecule has 0 bridgehead atoms. The number of ether oxygens (including phenoxy) is 1. The molecule has 2 aromatic carbocycles. The Morgan fingerprint density at radius 2 is 1.89 bits per heavy atom. The van der Waals surface area contributed by atoms with E-state index in [-0.39, 0.29) is 12.1 Å². The van der Waals surface area contributed by atoms with E-state index >= 15 is 0 Å². The highest BCUT2D eigenvalue weighted by atomic mass is 16.5. The Balaban J connectivity index is 1.97. The maximum atomic E-state index is 12.5. The first-order chi connectivity index (χ1) is 12.9. The number of nitrogens with zero attached hydrogens (tertiary/aromatic N) is 3. The summed E-state index contributed by atoms with van der Waals surface area (Å²) < 4.78 is 5.20. The van der Waals surface area contributed by atoms with E-state index in [0.717, 1.165) is 16.9 Å². The van der Waals surface area contributed by atoms with E-state index in [1.54, 1.807) is 31.2 Å². The molecule has 6 heteroatoms. The Kier molecular flexibility index (Phi) is 7.21. The molecule has 0 spiro atoms. The van der Waals surface area contributed by atoms with Crippen LogP contribution in [0.25, 0.3) is 0 Å². The van der Waals surface area contributed by atoms with E-state index in [1.165, 1.54) is 0 Å². The molecule has 0 aliphatic heterocycles. The van der Waals surface area contributed by atoms with Crippen molar-refractivity contribution in [1.82, 2.24) is 15.1 Å². The highest BCUT2D eigenvalue weighted by Gasteiger charge is 2.17. The summed E-state index contributed by atoms with van der Waals surface area (Å²) in [6, 6.07) is 17.1. The summed E-state index contributed by atoms with van der Waals surface area (Å²) in [6.45, 7) is 0.928. The average Bonchev–Trinajstić information content (AvgIpc) is 2.68. The van der Waals surface area contributed by atoms with Crippen LogP contribution in [0.3, 0.4) is 0 Å². The number of amides is 2. The third-order valence-corrected chi connectivity index (χ3v) is 4.39. The topological polar surface area (TPSA) is 68.6 Å². The van der Waals surface area contributed by atoms with Gasteiger partial charge in [0, 0.05) is 20.1 Å². The fraction of sp³-hybridized carbons (Fsp3) is 0.333. The molecule has 142 valence electrons. The van der Waals surface area contributed by atoms with E-state index in [9.17, 15) is 4.79 Å². The first-order valence-electron chi connectivity index (χ1n) is 8.73. The smallest absolute Gasteiger partial charge is 0.317 e. The van der Waals surface area contributed by atoms with Gasteiger partial charge in [0.1, 0.15) is 5.75 Å². The molecule has 1 atom stereocenters. The van der Waals surface area contributed by atoms with Gasteiger partial charge in [0.25, 0.3) is 0 Å². The lowest BCUT2D eigenvalue weighted by Gasteiger charge is -2.27. The van der Waals surface area contributed by atoms with Crippen LogP contribution in [0.5, 0.6) is 5.75 Å². The number of likely N-dealkylation sites (N-methyl/N-ethyl adjacent to an activating group) is 1. The molecule has 0 saturated heterocycles. The maximum Gasteiger partial charge on any atom is 0.317 e. The molecule has 1 N–H and O–H groups in total. The summed E-state index contributed by atoms with van der Waals surface area (Å²) in [5, 5.41) is 12.0. The van der Waals surface area contributed by atoms with Crippen LogP contribution in [0.2, 0.25) is 0 Å². The molecule has 0 fully saturated rings. The number of nitrogens with one attached hydrogen (secondary N) is 1. The Morgan fingerprint density at radius 3 is 2.48 bits per heavy atom. The molecule has 0 heterocycles. The van der Waals surface area contributed by atoms with Crippen molar-refractivity contribution in [2.75, 3.05) is 34.8 Å². The molecule has 0 aliphatic carbocycles. The van der Waals surface area contributed by atoms with Gasteiger partial charge >= 0.3 is 6.03 Å². The number of nitriles is 1. The molecule has 0 radical (unpaired) electrons. The predicted octanol–water partition coefficient (Wildman–Crippen LogP) is 3.01. The maximum absolute atomic E-state index is 12.5. The molecule has 2 aromatic rings. The molecule has 6 nitrogen and oxygen atoms in total. The fourth-order valence-electron chi connectivity index (χ4n) is 2.83. The Hall–Kier alpha value is -3.04. The molecule has 1 unspecified atom stereocenters. The van der Waals surface area contributed by atoms with Crippen molar-refractivity contribution < 1.29 is 9.53 Å². The summed E-state index contributed by atoms with van der Waals surface area (Å²) in [5.74, 6) is 0.805. The van der Waals surface area contributed by atoms with Gasteiger partial charge < -0.3 is 19.9 Å². The third kappa shape index (κ3) is 5.73. The summed E-state index contributed by atoms with van der Waals surface area (Å²) in [7, 11) is 7.35. The van der Waals surface area contributed by atoms with E-state index < -0.39 is 0 Å². The average molecular weight is 366 g/mol. The number of rotatable bonds is 7. The largest absolute Gasteiger partial charge is 0.497 e. The number of carbonyl (C=O) groups is 1. The van der Waals surface area contributed by atoms with Crippen LogP contribution in [-0.2, 0) is 6.54 Å². The number of methoxy groups -OCH3 is 1. The Morgan fingerprint density at radius 1 is 1.19 bits per heavy atom. The quantitative estimate of drug-likeness (QED) is 0.818. The van der Waals surface area contributed by atoms with Crippen molar-refractivity contribution in [2.24, 2.45) is 0 Å². The van der Waals surface area contributed by atoms with Crippen molar-refractivity contribution in [3.63, 3.8) is 0 Å². The molecule has 0 aromatic heterocycles. The van der Waals surface area contributed by atoms with Gasteiger partial charge in [0.2, 0.25) is 0 Å². The lowest BCUT2D eigenvalue weighted by Crippen LogP contribution is -2.41. The van der Waals surface area contributed by atoms with Gasteiger partial charge in [-0.2, -0.15) is 5.26 Å². The highest BCUT2D eigenvalue weighted by Crippen LogP contribution is 2.20. The van der Waals surface area contributed by atoms with Crippen LogP contribution in [-0.4, -0.2) is 50.6 Å². The molecule has 2 amide bonds. The second kappa shape index (κ2) is 9.60. The lowest BCUT2D eigenvalue weighted by atomic mass is 10.1. The minimum Gasteiger partial charge on any atom is -0.497 e. The number of hydrogen-bond donors (Lipinski definition) is 1. The van der Waals surface area contributed by atoms with Crippen molar-refractivity contribution in [3.8, 4) is 11.8 Å². The van der Waals surface area contributed by atoms with Gasteiger partial charge in [-0.1, -0.05) is 24.3 Å². The zero-order valence-corrected chi connectivity index (χ0v) is 16.3. The molecular formula is C21H26N4O2. The predicted molar refractivity (Wildman–Crippen MR) is 105 cm³/mol. The Labute approximate surface area is 161 Å². The van der Waals surface area contributed by atoms with Gasteiger partial charge in [0.05, 0.1) is 24.8 Å². The third-order valence-electron chi connectivity index (χ3n) is 4.39. The molecule has 0 aliphatic rings. The zero-order valence-electron chi connectivity index (χ0n) is 16.3. The molecule has 0 saturated carbocycles. The van der Waals surface area contributed by atoms with Crippen molar-refractivity contribution in [1.29, 1.82) is 5.26 Å². The van der Waals surface area contributed by atoms with Gasteiger partial charge in [-0.25, -0.2) is 4.79 Å². The van der Waals surface area contributed by atoms with Crippen LogP contribution in [0, 0.1) is 11.3 Å². The summed E-state index contributed by atoms with van der Waals surface area (Å²) in [6.07, 6.45) is 0. The molecule has 27 heavy (non-hydrogen) atoms. The monoisotopic (exact) mass is 366 g/mol. The van der Waals surface area contributed by atoms with E-state index in [2.05, 4.69) is 16.3 Å². The van der Waals surface area contributed by atoms with Crippen LogP contribution >= 0.6 is 0 Å². The minimum atomic E-state index is -0.155. The lowest BCUT2D eigenvalue weighted by molar-refractivity contribution is 0.200. The summed E-state index contributed by atoms with van der Waals surface area (Å²) in [5.41, 5.74) is 2.62. The van der Waals surface area contributed by atoms with Crippen molar-refractivity contribution in [2.45, 2.75) is 12.6 Å². The van der Waals surface area contributed by atoms with Crippen LogP contribution in [0.4, 0.5) is 4.79 Å². The highest BCUT2D eigenvalue weighted by molar-refractivity contribution is 5.73.